The summed E-state index contributed by atoms with van der Waals surface area (Å²) in [5, 5.41) is 6.15. The van der Waals surface area contributed by atoms with Gasteiger partial charge in [0, 0.05) is 17.0 Å². The molecule has 1 fully saturated rings. The fourth-order valence-electron chi connectivity index (χ4n) is 2.29. The number of carbonyl (C=O) groups is 1. The Hall–Kier alpha value is -0.900. The molecule has 2 rings (SSSR count). The lowest BCUT2D eigenvalue weighted by atomic mass is 10.0. The highest BCUT2D eigenvalue weighted by Crippen LogP contribution is 2.28. The monoisotopic (exact) mass is 252 g/mol. The first-order chi connectivity index (χ1) is 7.99. The average molecular weight is 252 g/mol. The van der Waals surface area contributed by atoms with Gasteiger partial charge in [0.05, 0.1) is 5.54 Å². The van der Waals surface area contributed by atoms with Crippen LogP contribution in [0, 0.1) is 12.8 Å². The number of rotatable bonds is 3. The van der Waals surface area contributed by atoms with E-state index >= 15 is 0 Å². The van der Waals surface area contributed by atoms with Gasteiger partial charge in [0.25, 0.3) is 0 Å². The highest BCUT2D eigenvalue weighted by molar-refractivity contribution is 7.09. The molecule has 1 saturated carbocycles. The van der Waals surface area contributed by atoms with Crippen molar-refractivity contribution in [3.8, 4) is 0 Å². The van der Waals surface area contributed by atoms with Crippen LogP contribution in [0.1, 0.15) is 50.2 Å². The second-order valence-electron chi connectivity index (χ2n) is 5.39. The molecule has 0 aliphatic heterocycles. The summed E-state index contributed by atoms with van der Waals surface area (Å²) in [6, 6.07) is 0. The second-order valence-corrected chi connectivity index (χ2v) is 6.25. The minimum absolute atomic E-state index is 0.195. The van der Waals surface area contributed by atoms with Crippen LogP contribution in [0.15, 0.2) is 5.38 Å². The summed E-state index contributed by atoms with van der Waals surface area (Å²) < 4.78 is 0. The van der Waals surface area contributed by atoms with E-state index in [4.69, 9.17) is 0 Å². The van der Waals surface area contributed by atoms with E-state index in [-0.39, 0.29) is 17.4 Å². The predicted molar refractivity (Wildman–Crippen MR) is 70.0 cm³/mol. The largest absolute Gasteiger partial charge is 0.344 e. The van der Waals surface area contributed by atoms with Crippen LogP contribution in [-0.4, -0.2) is 10.9 Å². The van der Waals surface area contributed by atoms with Crippen LogP contribution in [0.3, 0.4) is 0 Å². The lowest BCUT2D eigenvalue weighted by Gasteiger charge is -2.25. The van der Waals surface area contributed by atoms with E-state index < -0.39 is 0 Å². The molecule has 0 bridgehead atoms. The smallest absolute Gasteiger partial charge is 0.223 e. The van der Waals surface area contributed by atoms with Gasteiger partial charge in [0.2, 0.25) is 5.91 Å². The Balaban J connectivity index is 2.03. The molecule has 0 spiro atoms. The summed E-state index contributed by atoms with van der Waals surface area (Å²) in [7, 11) is 0. The minimum atomic E-state index is -0.349. The SMILES string of the molecule is Cc1csc(C(C)(C)NC(=O)C2CCCC2)n1. The van der Waals surface area contributed by atoms with Crippen molar-refractivity contribution in [2.75, 3.05) is 0 Å². The quantitative estimate of drug-likeness (QED) is 0.898. The number of carbonyl (C=O) groups excluding carboxylic acids is 1. The molecule has 1 N–H and O–H groups in total. The van der Waals surface area contributed by atoms with Crippen LogP contribution >= 0.6 is 11.3 Å². The molecule has 94 valence electrons. The number of hydrogen-bond acceptors (Lipinski definition) is 3. The molecular formula is C13H20N2OS. The lowest BCUT2D eigenvalue weighted by molar-refractivity contribution is -0.126. The van der Waals surface area contributed by atoms with E-state index in [0.29, 0.717) is 0 Å². The third-order valence-corrected chi connectivity index (χ3v) is 4.60. The first-order valence-electron chi connectivity index (χ1n) is 6.24. The van der Waals surface area contributed by atoms with Crippen LogP contribution in [0.5, 0.6) is 0 Å². The van der Waals surface area contributed by atoms with Gasteiger partial charge < -0.3 is 5.32 Å². The Morgan fingerprint density at radius 1 is 1.47 bits per heavy atom. The topological polar surface area (TPSA) is 42.0 Å². The van der Waals surface area contributed by atoms with E-state index in [1.807, 2.05) is 26.2 Å². The molecule has 1 heterocycles. The summed E-state index contributed by atoms with van der Waals surface area (Å²) in [6.45, 7) is 6.03. The van der Waals surface area contributed by atoms with Crippen LogP contribution in [0.25, 0.3) is 0 Å². The van der Waals surface area contributed by atoms with Gasteiger partial charge in [-0.05, 0) is 33.6 Å². The van der Waals surface area contributed by atoms with Crippen molar-refractivity contribution in [1.29, 1.82) is 0 Å². The van der Waals surface area contributed by atoms with Crippen molar-refractivity contribution in [2.24, 2.45) is 5.92 Å². The Morgan fingerprint density at radius 3 is 2.65 bits per heavy atom. The zero-order valence-corrected chi connectivity index (χ0v) is 11.6. The second kappa shape index (κ2) is 4.77. The molecule has 1 amide bonds. The van der Waals surface area contributed by atoms with Gasteiger partial charge in [0.15, 0.2) is 0 Å². The van der Waals surface area contributed by atoms with Crippen LogP contribution in [0.2, 0.25) is 0 Å². The fourth-order valence-corrected chi connectivity index (χ4v) is 3.17. The molecular weight excluding hydrogens is 232 g/mol. The number of thiazole rings is 1. The molecule has 1 aromatic rings. The summed E-state index contributed by atoms with van der Waals surface area (Å²) in [4.78, 5) is 16.6. The van der Waals surface area contributed by atoms with Crippen molar-refractivity contribution >= 4 is 17.2 Å². The van der Waals surface area contributed by atoms with Gasteiger partial charge >= 0.3 is 0 Å². The van der Waals surface area contributed by atoms with Crippen molar-refractivity contribution in [3.05, 3.63) is 16.1 Å². The number of nitrogens with one attached hydrogen (secondary N) is 1. The van der Waals surface area contributed by atoms with Crippen molar-refractivity contribution < 1.29 is 4.79 Å². The maximum atomic E-state index is 12.1. The molecule has 1 aromatic heterocycles. The van der Waals surface area contributed by atoms with E-state index in [9.17, 15) is 4.79 Å². The Morgan fingerprint density at radius 2 is 2.12 bits per heavy atom. The van der Waals surface area contributed by atoms with Gasteiger partial charge in [-0.2, -0.15) is 0 Å². The van der Waals surface area contributed by atoms with Gasteiger partial charge in [-0.15, -0.1) is 11.3 Å². The third-order valence-electron chi connectivity index (χ3n) is 3.32. The Bertz CT molecular complexity index is 405. The number of aryl methyl sites for hydroxylation is 1. The van der Waals surface area contributed by atoms with Crippen molar-refractivity contribution in [2.45, 2.75) is 52.0 Å². The molecule has 0 aromatic carbocycles. The molecule has 0 atom stereocenters. The van der Waals surface area contributed by atoms with E-state index in [1.54, 1.807) is 11.3 Å². The first-order valence-corrected chi connectivity index (χ1v) is 7.11. The zero-order valence-electron chi connectivity index (χ0n) is 10.7. The molecule has 0 radical (unpaired) electrons. The summed E-state index contributed by atoms with van der Waals surface area (Å²) >= 11 is 1.62. The van der Waals surface area contributed by atoms with E-state index in [1.165, 1.54) is 12.8 Å². The number of amides is 1. The van der Waals surface area contributed by atoms with E-state index in [2.05, 4.69) is 10.3 Å². The molecule has 3 nitrogen and oxygen atoms in total. The standard InChI is InChI=1S/C13H20N2OS/c1-9-8-17-12(14-9)13(2,3)15-11(16)10-6-4-5-7-10/h8,10H,4-7H2,1-3H3,(H,15,16). The van der Waals surface area contributed by atoms with Crippen molar-refractivity contribution in [1.82, 2.24) is 10.3 Å². The van der Waals surface area contributed by atoms with E-state index in [0.717, 1.165) is 23.5 Å². The summed E-state index contributed by atoms with van der Waals surface area (Å²) in [6.07, 6.45) is 4.46. The lowest BCUT2D eigenvalue weighted by Crippen LogP contribution is -2.43. The highest BCUT2D eigenvalue weighted by Gasteiger charge is 2.30. The van der Waals surface area contributed by atoms with Gasteiger partial charge in [-0.3, -0.25) is 4.79 Å². The van der Waals surface area contributed by atoms with Crippen LogP contribution in [-0.2, 0) is 10.3 Å². The maximum absolute atomic E-state index is 12.1. The Kier molecular flexibility index (Phi) is 3.52. The van der Waals surface area contributed by atoms with Crippen LogP contribution < -0.4 is 5.32 Å². The Labute approximate surface area is 107 Å². The average Bonchev–Trinajstić information content (AvgIpc) is 2.86. The van der Waals surface area contributed by atoms with Gasteiger partial charge in [0.1, 0.15) is 5.01 Å². The van der Waals surface area contributed by atoms with Gasteiger partial charge in [-0.1, -0.05) is 12.8 Å². The van der Waals surface area contributed by atoms with Crippen molar-refractivity contribution in [3.63, 3.8) is 0 Å². The molecule has 0 unspecified atom stereocenters. The highest BCUT2D eigenvalue weighted by atomic mass is 32.1. The van der Waals surface area contributed by atoms with Gasteiger partial charge in [-0.25, -0.2) is 4.98 Å². The fraction of sp³-hybridized carbons (Fsp3) is 0.692. The predicted octanol–water partition coefficient (Wildman–Crippen LogP) is 2.99. The zero-order chi connectivity index (χ0) is 12.5. The molecule has 1 aliphatic carbocycles. The molecule has 17 heavy (non-hydrogen) atoms. The summed E-state index contributed by atoms with van der Waals surface area (Å²) in [5.74, 6) is 0.413. The number of nitrogens with zero attached hydrogens (tertiary/aromatic N) is 1. The number of hydrogen-bond donors (Lipinski definition) is 1. The normalized spacial score (nSPS) is 17.4. The molecule has 4 heteroatoms. The molecule has 1 aliphatic rings. The molecule has 0 saturated heterocycles. The minimum Gasteiger partial charge on any atom is -0.344 e. The first kappa shape index (κ1) is 12.6. The van der Waals surface area contributed by atoms with Crippen LogP contribution in [0.4, 0.5) is 0 Å². The summed E-state index contributed by atoms with van der Waals surface area (Å²) in [5.41, 5.74) is 0.673. The number of aromatic nitrogens is 1. The third kappa shape index (κ3) is 2.86. The maximum Gasteiger partial charge on any atom is 0.223 e.